The average molecular weight is 217 g/mol. The van der Waals surface area contributed by atoms with Gasteiger partial charge in [0.05, 0.1) is 0 Å². The zero-order valence-electron chi connectivity index (χ0n) is 6.80. The van der Waals surface area contributed by atoms with E-state index in [1.165, 1.54) is 11.1 Å². The van der Waals surface area contributed by atoms with Crippen LogP contribution in [-0.4, -0.2) is 10.2 Å². The summed E-state index contributed by atoms with van der Waals surface area (Å²) in [6.07, 6.45) is 0. The minimum Gasteiger partial charge on any atom is -0.0917 e. The molecule has 0 aliphatic heterocycles. The summed E-state index contributed by atoms with van der Waals surface area (Å²) in [6.45, 7) is 0. The Balaban J connectivity index is 2.86. The highest BCUT2D eigenvalue weighted by Gasteiger charge is 2.07. The van der Waals surface area contributed by atoms with Crippen molar-refractivity contribution < 1.29 is 0 Å². The second kappa shape index (κ2) is 4.70. The Kier molecular flexibility index (Phi) is 3.86. The lowest BCUT2D eigenvalue weighted by Gasteiger charge is -2.08. The van der Waals surface area contributed by atoms with Gasteiger partial charge in [0.2, 0.25) is 0 Å². The first kappa shape index (κ1) is 9.84. The molecule has 12 heavy (non-hydrogen) atoms. The maximum Gasteiger partial charge on any atom is 0.0331 e. The van der Waals surface area contributed by atoms with Gasteiger partial charge in [-0.1, -0.05) is 53.5 Å². The predicted molar refractivity (Wildman–Crippen MR) is 58.9 cm³/mol. The summed E-state index contributed by atoms with van der Waals surface area (Å²) in [5.74, 6) is 0. The van der Waals surface area contributed by atoms with Gasteiger partial charge in [0, 0.05) is 26.4 Å². The fourth-order valence-corrected chi connectivity index (χ4v) is 2.07. The fourth-order valence-electron chi connectivity index (χ4n) is 0.995. The summed E-state index contributed by atoms with van der Waals surface area (Å²) >= 11 is 11.4. The topological polar surface area (TPSA) is 0 Å². The molecule has 3 heteroatoms. The third kappa shape index (κ3) is 2.37. The van der Waals surface area contributed by atoms with Crippen molar-refractivity contribution in [1.29, 1.82) is 0 Å². The van der Waals surface area contributed by atoms with E-state index in [0.29, 0.717) is 5.54 Å². The molecule has 0 heterocycles. The molecule has 1 aromatic carbocycles. The van der Waals surface area contributed by atoms with Crippen LogP contribution in [0.15, 0.2) is 40.9 Å². The van der Waals surface area contributed by atoms with Crippen molar-refractivity contribution in [3.05, 3.63) is 46.5 Å². The van der Waals surface area contributed by atoms with Crippen molar-refractivity contribution in [2.24, 2.45) is 0 Å². The van der Waals surface area contributed by atoms with Crippen LogP contribution in [0.5, 0.6) is 0 Å². The van der Waals surface area contributed by atoms with Crippen LogP contribution in [0.25, 0.3) is 0 Å². The molecule has 0 aliphatic carbocycles. The number of hydrogen-bond acceptors (Lipinski definition) is 0. The van der Waals surface area contributed by atoms with Gasteiger partial charge in [-0.3, -0.25) is 0 Å². The molecule has 0 bridgehead atoms. The van der Waals surface area contributed by atoms with Gasteiger partial charge in [0.1, 0.15) is 0 Å². The summed E-state index contributed by atoms with van der Waals surface area (Å²) in [5, 5.41) is 0.731. The van der Waals surface area contributed by atoms with E-state index in [9.17, 15) is 0 Å². The van der Waals surface area contributed by atoms with Crippen LogP contribution in [0.1, 0.15) is 11.1 Å². The van der Waals surface area contributed by atoms with E-state index in [1.807, 2.05) is 18.2 Å². The number of halogens is 2. The molecule has 0 saturated heterocycles. The van der Waals surface area contributed by atoms with Crippen molar-refractivity contribution in [1.82, 2.24) is 0 Å². The van der Waals surface area contributed by atoms with E-state index < -0.39 is 0 Å². The largest absolute Gasteiger partial charge is 0.0917 e. The maximum atomic E-state index is 5.91. The Morgan fingerprint density at radius 2 is 1.92 bits per heavy atom. The predicted octanol–water partition coefficient (Wildman–Crippen LogP) is 2.41. The van der Waals surface area contributed by atoms with Gasteiger partial charge in [-0.25, -0.2) is 0 Å². The number of hydrogen-bond donors (Lipinski definition) is 0. The van der Waals surface area contributed by atoms with Gasteiger partial charge < -0.3 is 0 Å². The Hall–Kier alpha value is -0.243. The molecule has 0 aliphatic rings. The quantitative estimate of drug-likeness (QED) is 0.667. The van der Waals surface area contributed by atoms with Gasteiger partial charge in [-0.15, -0.1) is 0 Å². The van der Waals surface area contributed by atoms with E-state index in [-0.39, 0.29) is 0 Å². The lowest BCUT2D eigenvalue weighted by molar-refractivity contribution is 1.19. The van der Waals surface area contributed by atoms with E-state index in [1.54, 1.807) is 0 Å². The first-order valence-corrected chi connectivity index (χ1v) is 5.73. The summed E-state index contributed by atoms with van der Waals surface area (Å²) in [6, 6.07) is 10.2. The third-order valence-corrected chi connectivity index (χ3v) is 4.26. The van der Waals surface area contributed by atoms with Crippen LogP contribution in [0, 0.1) is 0 Å². The third-order valence-electron chi connectivity index (χ3n) is 1.82. The monoisotopic (exact) mass is 216 g/mol. The Labute approximate surface area is 85.6 Å². The molecule has 0 nitrogen and oxygen atoms in total. The highest BCUT2D eigenvalue weighted by Crippen LogP contribution is 2.23. The van der Waals surface area contributed by atoms with Gasteiger partial charge in [-0.2, -0.15) is 0 Å². The lowest BCUT2D eigenvalue weighted by atomic mass is 10.1. The first-order chi connectivity index (χ1) is 5.75. The van der Waals surface area contributed by atoms with Crippen LogP contribution in [0.3, 0.4) is 0 Å². The Morgan fingerprint density at radius 1 is 1.33 bits per heavy atom. The zero-order valence-corrected chi connectivity index (χ0v) is 10.3. The minimum absolute atomic E-state index is 0.324. The SMILES string of the molecule is [SiH3]C(C(Cl)=CCl)c1ccccc1. The summed E-state index contributed by atoms with van der Waals surface area (Å²) in [7, 11) is 0.985. The highest BCUT2D eigenvalue weighted by molar-refractivity contribution is 6.40. The highest BCUT2D eigenvalue weighted by atomic mass is 35.5. The van der Waals surface area contributed by atoms with Gasteiger partial charge in [-0.05, 0) is 5.56 Å². The standard InChI is InChI=1S/C9H10Cl2Si/c10-6-8(11)9(12)7-4-2-1-3-5-7/h1-6,9H,12H3. The van der Waals surface area contributed by atoms with Crippen LogP contribution in [0.2, 0.25) is 0 Å². The van der Waals surface area contributed by atoms with Crippen molar-refractivity contribution in [2.45, 2.75) is 5.54 Å². The molecule has 0 N–H and O–H groups in total. The fraction of sp³-hybridized carbons (Fsp3) is 0.111. The molecule has 0 fully saturated rings. The molecule has 1 unspecified atom stereocenters. The van der Waals surface area contributed by atoms with Crippen molar-refractivity contribution in [2.75, 3.05) is 0 Å². The Bertz CT molecular complexity index is 269. The second-order valence-electron chi connectivity index (χ2n) is 2.63. The minimum atomic E-state index is 0.324. The average Bonchev–Trinajstić information content (AvgIpc) is 2.17. The molecule has 0 aromatic heterocycles. The van der Waals surface area contributed by atoms with Gasteiger partial charge in [0.15, 0.2) is 0 Å². The van der Waals surface area contributed by atoms with E-state index >= 15 is 0 Å². The molecule has 0 amide bonds. The molecule has 1 atom stereocenters. The maximum absolute atomic E-state index is 5.91. The van der Waals surface area contributed by atoms with Crippen LogP contribution in [0.4, 0.5) is 0 Å². The van der Waals surface area contributed by atoms with Crippen LogP contribution < -0.4 is 0 Å². The van der Waals surface area contributed by atoms with Crippen LogP contribution >= 0.6 is 23.2 Å². The van der Waals surface area contributed by atoms with Gasteiger partial charge >= 0.3 is 0 Å². The molecule has 0 spiro atoms. The molecule has 1 rings (SSSR count). The molecular formula is C9H10Cl2Si. The van der Waals surface area contributed by atoms with Crippen molar-refractivity contribution >= 4 is 33.4 Å². The van der Waals surface area contributed by atoms with E-state index in [4.69, 9.17) is 23.2 Å². The van der Waals surface area contributed by atoms with E-state index in [0.717, 1.165) is 15.3 Å². The number of benzene rings is 1. The normalized spacial score (nSPS) is 14.7. The lowest BCUT2D eigenvalue weighted by Crippen LogP contribution is -1.96. The van der Waals surface area contributed by atoms with Crippen LogP contribution in [-0.2, 0) is 0 Å². The smallest absolute Gasteiger partial charge is 0.0331 e. The summed E-state index contributed by atoms with van der Waals surface area (Å²) in [5.41, 5.74) is 3.02. The van der Waals surface area contributed by atoms with E-state index in [2.05, 4.69) is 12.1 Å². The first-order valence-electron chi connectivity index (χ1n) is 3.76. The van der Waals surface area contributed by atoms with Crippen molar-refractivity contribution in [3.63, 3.8) is 0 Å². The van der Waals surface area contributed by atoms with Gasteiger partial charge in [0.25, 0.3) is 0 Å². The molecule has 0 saturated carbocycles. The van der Waals surface area contributed by atoms with Crippen molar-refractivity contribution in [3.8, 4) is 0 Å². The Morgan fingerprint density at radius 3 is 2.42 bits per heavy atom. The number of allylic oxidation sites excluding steroid dienone is 1. The molecule has 1 aromatic rings. The zero-order chi connectivity index (χ0) is 8.97. The second-order valence-corrected chi connectivity index (χ2v) is 4.44. The molecule has 64 valence electrons. The summed E-state index contributed by atoms with van der Waals surface area (Å²) < 4.78 is 0. The molecule has 0 radical (unpaired) electrons. The molecular weight excluding hydrogens is 207 g/mol. The summed E-state index contributed by atoms with van der Waals surface area (Å²) in [4.78, 5) is 0. The number of rotatable bonds is 2.